The number of hydrogen-bond acceptors (Lipinski definition) is 3. The second kappa shape index (κ2) is 6.80. The molecule has 3 unspecified atom stereocenters. The minimum absolute atomic E-state index is 0.464. The van der Waals surface area contributed by atoms with E-state index in [9.17, 15) is 0 Å². The molecule has 1 heterocycles. The van der Waals surface area contributed by atoms with E-state index in [-0.39, 0.29) is 0 Å². The van der Waals surface area contributed by atoms with Crippen LogP contribution in [0.1, 0.15) is 65.2 Å². The zero-order chi connectivity index (χ0) is 14.9. The lowest BCUT2D eigenvalue weighted by Gasteiger charge is -2.53. The van der Waals surface area contributed by atoms with Crippen molar-refractivity contribution in [2.45, 2.75) is 88.1 Å². The first-order valence-corrected chi connectivity index (χ1v) is 10.5. The zero-order valence-electron chi connectivity index (χ0n) is 14.2. The van der Waals surface area contributed by atoms with E-state index in [0.717, 1.165) is 23.3 Å². The van der Waals surface area contributed by atoms with Gasteiger partial charge in [0.1, 0.15) is 0 Å². The van der Waals surface area contributed by atoms with E-state index in [1.807, 2.05) is 0 Å². The van der Waals surface area contributed by atoms with Crippen molar-refractivity contribution in [2.24, 2.45) is 5.92 Å². The van der Waals surface area contributed by atoms with E-state index < -0.39 is 0 Å². The first-order valence-electron chi connectivity index (χ1n) is 9.19. The number of nitrogens with one attached hydrogen (secondary N) is 1. The van der Waals surface area contributed by atoms with Crippen LogP contribution in [0.3, 0.4) is 0 Å². The average Bonchev–Trinajstić information content (AvgIpc) is 2.94. The van der Waals surface area contributed by atoms with Gasteiger partial charge in [-0.05, 0) is 37.9 Å². The summed E-state index contributed by atoms with van der Waals surface area (Å²) < 4.78 is 0. The van der Waals surface area contributed by atoms with Crippen LogP contribution < -0.4 is 5.32 Å². The number of hydrogen-bond donors (Lipinski definition) is 1. The fraction of sp³-hybridized carbons (Fsp3) is 1.00. The molecule has 0 bridgehead atoms. The van der Waals surface area contributed by atoms with Gasteiger partial charge in [0.05, 0.1) is 0 Å². The zero-order valence-corrected chi connectivity index (χ0v) is 15.1. The van der Waals surface area contributed by atoms with Crippen molar-refractivity contribution < 1.29 is 0 Å². The van der Waals surface area contributed by atoms with Gasteiger partial charge in [0, 0.05) is 36.0 Å². The Balaban J connectivity index is 1.79. The van der Waals surface area contributed by atoms with Crippen molar-refractivity contribution in [1.29, 1.82) is 0 Å². The fourth-order valence-electron chi connectivity index (χ4n) is 5.06. The summed E-state index contributed by atoms with van der Waals surface area (Å²) in [6.07, 6.45) is 13.8. The Hall–Kier alpha value is 0.270. The minimum Gasteiger partial charge on any atom is -0.308 e. The van der Waals surface area contributed by atoms with Gasteiger partial charge in [0.15, 0.2) is 0 Å². The molecule has 3 atom stereocenters. The van der Waals surface area contributed by atoms with E-state index in [2.05, 4.69) is 42.1 Å². The molecule has 0 amide bonds. The lowest BCUT2D eigenvalue weighted by Crippen LogP contribution is -2.67. The van der Waals surface area contributed by atoms with Gasteiger partial charge in [-0.15, -0.1) is 0 Å². The third-order valence-corrected chi connectivity index (χ3v) is 7.48. The van der Waals surface area contributed by atoms with Crippen LogP contribution in [0.25, 0.3) is 0 Å². The van der Waals surface area contributed by atoms with Crippen molar-refractivity contribution in [1.82, 2.24) is 10.2 Å². The molecule has 2 saturated carbocycles. The molecule has 0 aromatic heterocycles. The monoisotopic (exact) mass is 310 g/mol. The number of nitrogens with zero attached hydrogens (tertiary/aromatic N) is 1. The van der Waals surface area contributed by atoms with Crippen molar-refractivity contribution in [3.63, 3.8) is 0 Å². The van der Waals surface area contributed by atoms with Gasteiger partial charge in [-0.2, -0.15) is 11.8 Å². The molecular formula is C18H34N2S. The van der Waals surface area contributed by atoms with Crippen molar-refractivity contribution >= 4 is 11.8 Å². The maximum atomic E-state index is 3.98. The van der Waals surface area contributed by atoms with Gasteiger partial charge in [-0.25, -0.2) is 0 Å². The third kappa shape index (κ3) is 3.30. The van der Waals surface area contributed by atoms with Gasteiger partial charge in [0.25, 0.3) is 0 Å². The standard InChI is InChI=1S/C18H34N2S/c1-14(2)16-12-19-18(10-6-7-11-18)13-20(16)15-8-4-5-9-17(15)21-3/h14-17,19H,4-13H2,1-3H3. The molecule has 21 heavy (non-hydrogen) atoms. The van der Waals surface area contributed by atoms with Crippen LogP contribution in [0.5, 0.6) is 0 Å². The van der Waals surface area contributed by atoms with Gasteiger partial charge < -0.3 is 5.32 Å². The lowest BCUT2D eigenvalue weighted by atomic mass is 9.84. The molecule has 0 radical (unpaired) electrons. The largest absolute Gasteiger partial charge is 0.308 e. The molecule has 1 aliphatic heterocycles. The summed E-state index contributed by atoms with van der Waals surface area (Å²) in [6, 6.07) is 1.58. The number of thioether (sulfide) groups is 1. The molecule has 3 heteroatoms. The van der Waals surface area contributed by atoms with Crippen LogP contribution in [0.15, 0.2) is 0 Å². The quantitative estimate of drug-likeness (QED) is 0.851. The molecule has 2 aliphatic carbocycles. The molecule has 0 aromatic rings. The Kier molecular flexibility index (Phi) is 5.23. The average molecular weight is 311 g/mol. The Morgan fingerprint density at radius 2 is 1.81 bits per heavy atom. The normalized spacial score (nSPS) is 37.4. The van der Waals surface area contributed by atoms with Gasteiger partial charge in [-0.1, -0.05) is 39.5 Å². The SMILES string of the molecule is CSC1CCCCC1N1CC2(CCCC2)NCC1C(C)C. The third-order valence-electron chi connectivity index (χ3n) is 6.32. The first kappa shape index (κ1) is 16.1. The molecule has 1 spiro atoms. The van der Waals surface area contributed by atoms with Gasteiger partial charge in [0.2, 0.25) is 0 Å². The molecular weight excluding hydrogens is 276 g/mol. The van der Waals surface area contributed by atoms with Crippen LogP contribution in [-0.4, -0.2) is 47.1 Å². The lowest BCUT2D eigenvalue weighted by molar-refractivity contribution is 0.0118. The second-order valence-corrected chi connectivity index (χ2v) is 9.05. The summed E-state index contributed by atoms with van der Waals surface area (Å²) in [7, 11) is 0. The van der Waals surface area contributed by atoms with Crippen molar-refractivity contribution in [3.05, 3.63) is 0 Å². The minimum atomic E-state index is 0.464. The summed E-state index contributed by atoms with van der Waals surface area (Å²) in [5.74, 6) is 0.765. The molecule has 0 aromatic carbocycles. The summed E-state index contributed by atoms with van der Waals surface area (Å²) >= 11 is 2.13. The van der Waals surface area contributed by atoms with Gasteiger partial charge in [-0.3, -0.25) is 4.90 Å². The molecule has 2 nitrogen and oxygen atoms in total. The highest BCUT2D eigenvalue weighted by Gasteiger charge is 2.45. The van der Waals surface area contributed by atoms with Crippen LogP contribution in [-0.2, 0) is 0 Å². The van der Waals surface area contributed by atoms with E-state index in [0.29, 0.717) is 5.54 Å². The topological polar surface area (TPSA) is 15.3 Å². The van der Waals surface area contributed by atoms with Crippen molar-refractivity contribution in [3.8, 4) is 0 Å². The van der Waals surface area contributed by atoms with Crippen LogP contribution in [0.2, 0.25) is 0 Å². The highest BCUT2D eigenvalue weighted by molar-refractivity contribution is 7.99. The molecule has 1 N–H and O–H groups in total. The Morgan fingerprint density at radius 3 is 2.48 bits per heavy atom. The maximum absolute atomic E-state index is 3.98. The first-order chi connectivity index (χ1) is 10.2. The van der Waals surface area contributed by atoms with E-state index in [4.69, 9.17) is 0 Å². The fourth-order valence-corrected chi connectivity index (χ4v) is 6.07. The Bertz CT molecular complexity index is 338. The molecule has 3 aliphatic rings. The molecule has 1 saturated heterocycles. The summed E-state index contributed by atoms with van der Waals surface area (Å²) in [4.78, 5) is 2.97. The number of piperazine rings is 1. The molecule has 3 fully saturated rings. The Labute approximate surface area is 135 Å². The highest BCUT2D eigenvalue weighted by atomic mass is 32.2. The second-order valence-electron chi connectivity index (χ2n) is 7.98. The number of rotatable bonds is 3. The smallest absolute Gasteiger partial charge is 0.0309 e. The maximum Gasteiger partial charge on any atom is 0.0309 e. The summed E-state index contributed by atoms with van der Waals surface area (Å²) in [5.41, 5.74) is 0.464. The van der Waals surface area contributed by atoms with Crippen LogP contribution >= 0.6 is 11.8 Å². The predicted molar refractivity (Wildman–Crippen MR) is 94.1 cm³/mol. The molecule has 122 valence electrons. The molecule has 3 rings (SSSR count). The van der Waals surface area contributed by atoms with Crippen molar-refractivity contribution in [2.75, 3.05) is 19.3 Å². The van der Waals surface area contributed by atoms with Crippen LogP contribution in [0.4, 0.5) is 0 Å². The van der Waals surface area contributed by atoms with E-state index in [1.54, 1.807) is 0 Å². The Morgan fingerprint density at radius 1 is 1.10 bits per heavy atom. The highest BCUT2D eigenvalue weighted by Crippen LogP contribution is 2.39. The summed E-state index contributed by atoms with van der Waals surface area (Å²) in [5, 5.41) is 4.85. The predicted octanol–water partition coefficient (Wildman–Crippen LogP) is 3.90. The van der Waals surface area contributed by atoms with Crippen LogP contribution in [0, 0.1) is 5.92 Å². The van der Waals surface area contributed by atoms with E-state index >= 15 is 0 Å². The van der Waals surface area contributed by atoms with E-state index in [1.165, 1.54) is 64.5 Å². The van der Waals surface area contributed by atoms with Gasteiger partial charge >= 0.3 is 0 Å². The summed E-state index contributed by atoms with van der Waals surface area (Å²) in [6.45, 7) is 7.37.